The second-order valence-corrected chi connectivity index (χ2v) is 4.84. The van der Waals surface area contributed by atoms with E-state index in [0.717, 1.165) is 19.3 Å². The van der Waals surface area contributed by atoms with Gasteiger partial charge in [0, 0.05) is 19.0 Å². The summed E-state index contributed by atoms with van der Waals surface area (Å²) in [6, 6.07) is 0. The highest BCUT2D eigenvalue weighted by Crippen LogP contribution is 2.36. The Morgan fingerprint density at radius 2 is 1.88 bits per heavy atom. The number of nitrogens with zero attached hydrogens (tertiary/aromatic N) is 1. The van der Waals surface area contributed by atoms with Gasteiger partial charge in [-0.05, 0) is 32.6 Å². The fourth-order valence-electron chi connectivity index (χ4n) is 1.96. The van der Waals surface area contributed by atoms with E-state index < -0.39 is 0 Å². The van der Waals surface area contributed by atoms with E-state index in [1.807, 2.05) is 0 Å². The summed E-state index contributed by atoms with van der Waals surface area (Å²) in [4.78, 5) is 26.8. The number of ketones is 2. The molecule has 0 N–H and O–H groups in total. The summed E-state index contributed by atoms with van der Waals surface area (Å²) in [7, 11) is 1.60. The van der Waals surface area contributed by atoms with Crippen molar-refractivity contribution >= 4 is 28.9 Å². The molecule has 0 radical (unpaired) electrons. The lowest BCUT2D eigenvalue weighted by Gasteiger charge is -2.28. The second kappa shape index (κ2) is 6.10. The molecule has 0 amide bonds. The van der Waals surface area contributed by atoms with Gasteiger partial charge in [-0.1, -0.05) is 18.0 Å². The van der Waals surface area contributed by atoms with E-state index in [-0.39, 0.29) is 23.9 Å². The summed E-state index contributed by atoms with van der Waals surface area (Å²) in [5, 5.41) is 0.389. The molecule has 0 atom stereocenters. The van der Waals surface area contributed by atoms with Crippen LogP contribution in [0.4, 0.5) is 0 Å². The van der Waals surface area contributed by atoms with Crippen molar-refractivity contribution in [2.24, 2.45) is 10.9 Å². The maximum absolute atomic E-state index is 11.6. The van der Waals surface area contributed by atoms with Crippen LogP contribution in [0, 0.1) is 5.92 Å². The van der Waals surface area contributed by atoms with Crippen LogP contribution in [0.1, 0.15) is 39.5 Å². The number of hydrogen-bond donors (Lipinski definition) is 0. The molecule has 1 saturated carbocycles. The summed E-state index contributed by atoms with van der Waals surface area (Å²) >= 11 is 6.24. The fourth-order valence-corrected chi connectivity index (χ4v) is 2.40. The lowest BCUT2D eigenvalue weighted by molar-refractivity contribution is -0.116. The number of allylic oxidation sites excluding steroid dienone is 2. The Hall–Kier alpha value is -0.960. The summed E-state index contributed by atoms with van der Waals surface area (Å²) < 4.78 is 0. The number of rotatable bonds is 5. The van der Waals surface area contributed by atoms with Gasteiger partial charge in [0.1, 0.15) is 5.78 Å². The van der Waals surface area contributed by atoms with Crippen LogP contribution in [0.25, 0.3) is 0 Å². The molecular formula is C13H18ClNO2. The van der Waals surface area contributed by atoms with Gasteiger partial charge in [0.2, 0.25) is 0 Å². The molecule has 1 rings (SSSR count). The maximum Gasteiger partial charge on any atom is 0.157 e. The van der Waals surface area contributed by atoms with Crippen molar-refractivity contribution in [3.05, 3.63) is 10.6 Å². The lowest BCUT2D eigenvalue weighted by Crippen LogP contribution is -2.22. The van der Waals surface area contributed by atoms with Gasteiger partial charge in [0.25, 0.3) is 0 Å². The zero-order valence-electron chi connectivity index (χ0n) is 10.5. The highest BCUT2D eigenvalue weighted by Gasteiger charge is 2.28. The van der Waals surface area contributed by atoms with Gasteiger partial charge < -0.3 is 0 Å². The molecule has 4 heteroatoms. The smallest absolute Gasteiger partial charge is 0.157 e. The van der Waals surface area contributed by atoms with Crippen LogP contribution in [-0.2, 0) is 9.59 Å². The van der Waals surface area contributed by atoms with Gasteiger partial charge in [0.05, 0.1) is 10.7 Å². The summed E-state index contributed by atoms with van der Waals surface area (Å²) in [6.45, 7) is 3.02. The summed E-state index contributed by atoms with van der Waals surface area (Å²) in [5.41, 5.74) is 1.18. The first-order valence-electron chi connectivity index (χ1n) is 5.83. The molecule has 0 aromatic heterocycles. The topological polar surface area (TPSA) is 46.5 Å². The number of aliphatic imine (C=N–C) groups is 1. The minimum atomic E-state index is -0.00981. The van der Waals surface area contributed by atoms with E-state index in [0.29, 0.717) is 16.3 Å². The van der Waals surface area contributed by atoms with Crippen molar-refractivity contribution in [1.29, 1.82) is 0 Å². The van der Waals surface area contributed by atoms with Crippen LogP contribution in [0.15, 0.2) is 15.6 Å². The maximum atomic E-state index is 11.6. The molecule has 0 saturated heterocycles. The number of carbonyl (C=O) groups excluding carboxylic acids is 2. The minimum absolute atomic E-state index is 0.000242. The highest BCUT2D eigenvalue weighted by atomic mass is 35.5. The Morgan fingerprint density at radius 3 is 2.18 bits per heavy atom. The van der Waals surface area contributed by atoms with Crippen LogP contribution in [0.5, 0.6) is 0 Å². The van der Waals surface area contributed by atoms with E-state index in [1.165, 1.54) is 13.8 Å². The average Bonchev–Trinajstić information content (AvgIpc) is 2.17. The molecule has 0 bridgehead atoms. The van der Waals surface area contributed by atoms with Crippen molar-refractivity contribution in [1.82, 2.24) is 0 Å². The van der Waals surface area contributed by atoms with Crippen molar-refractivity contribution < 1.29 is 9.59 Å². The molecule has 0 heterocycles. The first-order valence-corrected chi connectivity index (χ1v) is 6.21. The second-order valence-electron chi connectivity index (χ2n) is 4.46. The molecule has 17 heavy (non-hydrogen) atoms. The van der Waals surface area contributed by atoms with Gasteiger partial charge in [0.15, 0.2) is 5.78 Å². The van der Waals surface area contributed by atoms with Gasteiger partial charge in [-0.25, -0.2) is 0 Å². The average molecular weight is 256 g/mol. The number of Topliss-reactive ketones (excluding diaryl/α,β-unsaturated/α-hetero) is 2. The Kier molecular flexibility index (Phi) is 5.06. The predicted molar refractivity (Wildman–Crippen MR) is 69.6 cm³/mol. The Balaban J connectivity index is 3.04. The third kappa shape index (κ3) is 3.50. The lowest BCUT2D eigenvalue weighted by atomic mass is 9.77. The first-order chi connectivity index (χ1) is 7.97. The van der Waals surface area contributed by atoms with Crippen molar-refractivity contribution in [2.45, 2.75) is 39.5 Å². The van der Waals surface area contributed by atoms with E-state index in [4.69, 9.17) is 11.6 Å². The zero-order valence-corrected chi connectivity index (χ0v) is 11.3. The molecule has 1 aliphatic carbocycles. The van der Waals surface area contributed by atoms with Gasteiger partial charge >= 0.3 is 0 Å². The van der Waals surface area contributed by atoms with Gasteiger partial charge in [-0.3, -0.25) is 14.6 Å². The van der Waals surface area contributed by atoms with Crippen LogP contribution < -0.4 is 0 Å². The fraction of sp³-hybridized carbons (Fsp3) is 0.615. The van der Waals surface area contributed by atoms with E-state index in [1.54, 1.807) is 7.05 Å². The summed E-state index contributed by atoms with van der Waals surface area (Å²) in [5.74, 6) is 0.244. The van der Waals surface area contributed by atoms with Crippen LogP contribution >= 0.6 is 11.6 Å². The molecule has 0 spiro atoms. The van der Waals surface area contributed by atoms with E-state index in [9.17, 15) is 9.59 Å². The molecule has 0 aromatic rings. The Bertz CT molecular complexity index is 392. The standard InChI is InChI=1S/C13H18ClNO2/c1-8(16)7-11(15-3)13(14)12(9(2)17)10-5-4-6-10/h10H,4-7H2,1-3H3/b13-12-,15-11-. The molecule has 94 valence electrons. The largest absolute Gasteiger partial charge is 0.300 e. The molecule has 0 aliphatic heterocycles. The third-order valence-corrected chi connectivity index (χ3v) is 3.49. The molecule has 1 fully saturated rings. The molecule has 1 aliphatic rings. The SMILES string of the molecule is C/N=C(CC(C)=O)\C(Cl)=C(/C(C)=O)C1CCC1. The van der Waals surface area contributed by atoms with E-state index >= 15 is 0 Å². The normalized spacial score (nSPS) is 18.5. The van der Waals surface area contributed by atoms with Gasteiger partial charge in [-0.15, -0.1) is 0 Å². The number of halogens is 1. The molecule has 3 nitrogen and oxygen atoms in total. The minimum Gasteiger partial charge on any atom is -0.300 e. The monoisotopic (exact) mass is 255 g/mol. The highest BCUT2D eigenvalue weighted by molar-refractivity contribution is 6.46. The molecule has 0 aromatic carbocycles. The number of hydrogen-bond acceptors (Lipinski definition) is 3. The van der Waals surface area contributed by atoms with Crippen LogP contribution in [-0.4, -0.2) is 24.3 Å². The van der Waals surface area contributed by atoms with Gasteiger partial charge in [-0.2, -0.15) is 0 Å². The molecular weight excluding hydrogens is 238 g/mol. The number of carbonyl (C=O) groups is 2. The van der Waals surface area contributed by atoms with Crippen molar-refractivity contribution in [2.75, 3.05) is 7.05 Å². The predicted octanol–water partition coefficient (Wildman–Crippen LogP) is 2.92. The van der Waals surface area contributed by atoms with Crippen LogP contribution in [0.3, 0.4) is 0 Å². The third-order valence-electron chi connectivity index (χ3n) is 3.07. The van der Waals surface area contributed by atoms with E-state index in [2.05, 4.69) is 4.99 Å². The van der Waals surface area contributed by atoms with Crippen LogP contribution in [0.2, 0.25) is 0 Å². The Labute approximate surface area is 107 Å². The molecule has 0 unspecified atom stereocenters. The zero-order chi connectivity index (χ0) is 13.0. The Morgan fingerprint density at radius 1 is 1.29 bits per heavy atom. The summed E-state index contributed by atoms with van der Waals surface area (Å²) in [6.07, 6.45) is 3.33. The van der Waals surface area contributed by atoms with Crippen molar-refractivity contribution in [3.8, 4) is 0 Å². The quantitative estimate of drug-likeness (QED) is 0.560. The van der Waals surface area contributed by atoms with Crippen molar-refractivity contribution in [3.63, 3.8) is 0 Å². The first kappa shape index (κ1) is 14.1.